The highest BCUT2D eigenvalue weighted by molar-refractivity contribution is 6.31. The Morgan fingerprint density at radius 3 is 2.35 bits per heavy atom. The Bertz CT molecular complexity index is 1030. The van der Waals surface area contributed by atoms with Gasteiger partial charge in [0.1, 0.15) is 11.2 Å². The van der Waals surface area contributed by atoms with Gasteiger partial charge in [-0.3, -0.25) is 0 Å². The zero-order chi connectivity index (χ0) is 16.0. The quantitative estimate of drug-likeness (QED) is 0.413. The van der Waals surface area contributed by atoms with E-state index in [-0.39, 0.29) is 0 Å². The summed E-state index contributed by atoms with van der Waals surface area (Å²) in [6.45, 7) is 4.26. The lowest BCUT2D eigenvalue weighted by Gasteiger charge is -2.07. The fourth-order valence-corrected chi connectivity index (χ4v) is 3.20. The predicted molar refractivity (Wildman–Crippen MR) is 97.2 cm³/mol. The highest BCUT2D eigenvalue weighted by Gasteiger charge is 2.09. The molecule has 0 amide bonds. The third-order valence-corrected chi connectivity index (χ3v) is 4.44. The van der Waals surface area contributed by atoms with Crippen LogP contribution in [0.1, 0.15) is 22.3 Å². The number of fused-ring (bicyclic) bond motifs is 3. The van der Waals surface area contributed by atoms with Crippen molar-refractivity contribution in [1.82, 2.24) is 0 Å². The lowest BCUT2D eigenvalue weighted by molar-refractivity contribution is 0.669. The number of rotatable bonds is 2. The maximum absolute atomic E-state index is 6.13. The van der Waals surface area contributed by atoms with Crippen LogP contribution in [0.2, 0.25) is 5.02 Å². The SMILES string of the molecule is Cc1ccc([CH]c2ccc3oc4ccc(Cl)cc4c3c2)c(C)c1. The molecule has 0 saturated heterocycles. The molecule has 0 bridgehead atoms. The van der Waals surface area contributed by atoms with E-state index in [0.29, 0.717) is 0 Å². The van der Waals surface area contributed by atoms with Gasteiger partial charge in [0, 0.05) is 22.2 Å². The van der Waals surface area contributed by atoms with Gasteiger partial charge in [-0.05, 0) is 60.9 Å². The lowest BCUT2D eigenvalue weighted by Crippen LogP contribution is -1.90. The summed E-state index contributed by atoms with van der Waals surface area (Å²) in [4.78, 5) is 0. The van der Waals surface area contributed by atoms with Gasteiger partial charge < -0.3 is 4.42 Å². The molecule has 4 aromatic rings. The van der Waals surface area contributed by atoms with E-state index in [1.165, 1.54) is 16.7 Å². The summed E-state index contributed by atoms with van der Waals surface area (Å²) in [6.07, 6.45) is 2.21. The Hall–Kier alpha value is -2.25. The van der Waals surface area contributed by atoms with Crippen LogP contribution in [0.5, 0.6) is 0 Å². The third kappa shape index (κ3) is 2.62. The van der Waals surface area contributed by atoms with Crippen molar-refractivity contribution in [1.29, 1.82) is 0 Å². The molecule has 0 aliphatic carbocycles. The molecular weight excluding hydrogens is 304 g/mol. The molecule has 113 valence electrons. The van der Waals surface area contributed by atoms with E-state index in [0.717, 1.165) is 32.5 Å². The van der Waals surface area contributed by atoms with E-state index in [1.807, 2.05) is 24.3 Å². The van der Waals surface area contributed by atoms with E-state index in [1.54, 1.807) is 0 Å². The van der Waals surface area contributed by atoms with Crippen molar-refractivity contribution >= 4 is 33.5 Å². The molecule has 1 radical (unpaired) electrons. The van der Waals surface area contributed by atoms with Gasteiger partial charge in [-0.2, -0.15) is 0 Å². The van der Waals surface area contributed by atoms with Crippen molar-refractivity contribution < 1.29 is 4.42 Å². The molecular formula is C21H16ClO. The monoisotopic (exact) mass is 319 g/mol. The molecule has 3 aromatic carbocycles. The van der Waals surface area contributed by atoms with Crippen LogP contribution in [0.3, 0.4) is 0 Å². The number of aryl methyl sites for hydroxylation is 2. The zero-order valence-corrected chi connectivity index (χ0v) is 13.8. The molecule has 1 nitrogen and oxygen atoms in total. The molecule has 1 aromatic heterocycles. The smallest absolute Gasteiger partial charge is 0.135 e. The average Bonchev–Trinajstić information content (AvgIpc) is 2.87. The first-order valence-electron chi connectivity index (χ1n) is 7.64. The van der Waals surface area contributed by atoms with Gasteiger partial charge in [-0.15, -0.1) is 0 Å². The summed E-state index contributed by atoms with van der Waals surface area (Å²) in [6, 6.07) is 18.5. The Balaban J connectivity index is 1.81. The van der Waals surface area contributed by atoms with Crippen molar-refractivity contribution in [2.24, 2.45) is 0 Å². The lowest BCUT2D eigenvalue weighted by atomic mass is 9.98. The first-order valence-corrected chi connectivity index (χ1v) is 8.02. The number of furan rings is 1. The minimum atomic E-state index is 0.726. The predicted octanol–water partition coefficient (Wildman–Crippen LogP) is 6.46. The molecule has 0 aliphatic rings. The Morgan fingerprint density at radius 2 is 1.57 bits per heavy atom. The second-order valence-corrected chi connectivity index (χ2v) is 6.44. The Labute approximate surface area is 140 Å². The number of benzene rings is 3. The van der Waals surface area contributed by atoms with Crippen LogP contribution in [0.25, 0.3) is 21.9 Å². The van der Waals surface area contributed by atoms with Crippen LogP contribution in [-0.2, 0) is 0 Å². The maximum Gasteiger partial charge on any atom is 0.135 e. The molecule has 1 heterocycles. The van der Waals surface area contributed by atoms with Gasteiger partial charge in [-0.1, -0.05) is 41.4 Å². The van der Waals surface area contributed by atoms with E-state index in [9.17, 15) is 0 Å². The summed E-state index contributed by atoms with van der Waals surface area (Å²) in [5.74, 6) is 0. The molecule has 0 saturated carbocycles. The van der Waals surface area contributed by atoms with Gasteiger partial charge in [0.2, 0.25) is 0 Å². The van der Waals surface area contributed by atoms with Crippen LogP contribution in [0, 0.1) is 20.3 Å². The van der Waals surface area contributed by atoms with Crippen molar-refractivity contribution in [3.8, 4) is 0 Å². The van der Waals surface area contributed by atoms with Gasteiger partial charge in [0.05, 0.1) is 0 Å². The first kappa shape index (κ1) is 14.3. The van der Waals surface area contributed by atoms with E-state index < -0.39 is 0 Å². The molecule has 0 spiro atoms. The van der Waals surface area contributed by atoms with Crippen molar-refractivity contribution in [3.63, 3.8) is 0 Å². The number of halogens is 1. The second kappa shape index (κ2) is 5.43. The molecule has 0 atom stereocenters. The van der Waals surface area contributed by atoms with Crippen LogP contribution in [0.15, 0.2) is 59.0 Å². The second-order valence-electron chi connectivity index (χ2n) is 6.00. The summed E-state index contributed by atoms with van der Waals surface area (Å²) >= 11 is 6.13. The summed E-state index contributed by atoms with van der Waals surface area (Å²) in [7, 11) is 0. The molecule has 2 heteroatoms. The third-order valence-electron chi connectivity index (χ3n) is 4.20. The molecule has 4 rings (SSSR count). The molecule has 0 unspecified atom stereocenters. The number of hydrogen-bond acceptors (Lipinski definition) is 1. The largest absolute Gasteiger partial charge is 0.456 e. The minimum absolute atomic E-state index is 0.726. The molecule has 0 fully saturated rings. The standard InChI is InChI=1S/C21H16ClO/c1-13-3-5-16(14(2)9-13)10-15-4-7-20-18(11-15)19-12-17(22)6-8-21(19)23-20/h3-12H,1-2H3. The van der Waals surface area contributed by atoms with Gasteiger partial charge in [0.25, 0.3) is 0 Å². The van der Waals surface area contributed by atoms with Crippen molar-refractivity contribution in [2.45, 2.75) is 13.8 Å². The zero-order valence-electron chi connectivity index (χ0n) is 13.1. The van der Waals surface area contributed by atoms with E-state index >= 15 is 0 Å². The Kier molecular flexibility index (Phi) is 3.39. The van der Waals surface area contributed by atoms with E-state index in [4.69, 9.17) is 16.0 Å². The summed E-state index contributed by atoms with van der Waals surface area (Å²) < 4.78 is 5.88. The topological polar surface area (TPSA) is 13.1 Å². The van der Waals surface area contributed by atoms with Crippen molar-refractivity contribution in [2.75, 3.05) is 0 Å². The van der Waals surface area contributed by atoms with Gasteiger partial charge >= 0.3 is 0 Å². The minimum Gasteiger partial charge on any atom is -0.456 e. The fourth-order valence-electron chi connectivity index (χ4n) is 3.02. The Morgan fingerprint density at radius 1 is 0.826 bits per heavy atom. The molecule has 0 aliphatic heterocycles. The van der Waals surface area contributed by atoms with Crippen molar-refractivity contribution in [3.05, 3.63) is 88.3 Å². The summed E-state index contributed by atoms with van der Waals surface area (Å²) in [5.41, 5.74) is 6.72. The fraction of sp³-hybridized carbons (Fsp3) is 0.0952. The van der Waals surface area contributed by atoms with Crippen LogP contribution >= 0.6 is 11.6 Å². The average molecular weight is 320 g/mol. The van der Waals surface area contributed by atoms with Crippen LogP contribution in [0.4, 0.5) is 0 Å². The highest BCUT2D eigenvalue weighted by atomic mass is 35.5. The molecule has 0 N–H and O–H groups in total. The highest BCUT2D eigenvalue weighted by Crippen LogP contribution is 2.32. The van der Waals surface area contributed by atoms with E-state index in [2.05, 4.69) is 50.6 Å². The van der Waals surface area contributed by atoms with Gasteiger partial charge in [-0.25, -0.2) is 0 Å². The first-order chi connectivity index (χ1) is 11.1. The van der Waals surface area contributed by atoms with Crippen LogP contribution in [-0.4, -0.2) is 0 Å². The van der Waals surface area contributed by atoms with Gasteiger partial charge in [0.15, 0.2) is 0 Å². The normalized spacial score (nSPS) is 11.4. The maximum atomic E-state index is 6.13. The number of hydrogen-bond donors (Lipinski definition) is 0. The van der Waals surface area contributed by atoms with Crippen LogP contribution < -0.4 is 0 Å². The molecule has 23 heavy (non-hydrogen) atoms. The summed E-state index contributed by atoms with van der Waals surface area (Å²) in [5, 5.41) is 2.88.